The molecule has 1 heterocycles. The lowest BCUT2D eigenvalue weighted by Gasteiger charge is -2.25. The van der Waals surface area contributed by atoms with Crippen molar-refractivity contribution in [3.8, 4) is 11.5 Å². The molecule has 1 unspecified atom stereocenters. The molecule has 1 aliphatic rings. The maximum atomic E-state index is 12.7. The molecule has 0 radical (unpaired) electrons. The Bertz CT molecular complexity index is 1020. The van der Waals surface area contributed by atoms with E-state index in [9.17, 15) is 14.4 Å². The van der Waals surface area contributed by atoms with Crippen molar-refractivity contribution >= 4 is 39.2 Å². The molecule has 1 atom stereocenters. The summed E-state index contributed by atoms with van der Waals surface area (Å²) in [4.78, 5) is 38.9. The summed E-state index contributed by atoms with van der Waals surface area (Å²) in [6.45, 7) is 3.80. The van der Waals surface area contributed by atoms with E-state index >= 15 is 0 Å². The molecule has 0 spiro atoms. The van der Waals surface area contributed by atoms with Crippen molar-refractivity contribution in [1.82, 2.24) is 5.32 Å². The van der Waals surface area contributed by atoms with E-state index in [2.05, 4.69) is 21.2 Å². The first kappa shape index (κ1) is 21.8. The predicted octanol–water partition coefficient (Wildman–Crippen LogP) is 3.05. The van der Waals surface area contributed by atoms with E-state index in [0.29, 0.717) is 40.2 Å². The number of halogens is 1. The van der Waals surface area contributed by atoms with Crippen LogP contribution < -0.4 is 19.7 Å². The number of aryl methyl sites for hydroxylation is 1. The van der Waals surface area contributed by atoms with Gasteiger partial charge in [0.1, 0.15) is 6.04 Å². The van der Waals surface area contributed by atoms with E-state index in [4.69, 9.17) is 9.47 Å². The van der Waals surface area contributed by atoms with Crippen LogP contribution in [0.5, 0.6) is 11.5 Å². The molecule has 7 nitrogen and oxygen atoms in total. The van der Waals surface area contributed by atoms with Crippen molar-refractivity contribution in [2.45, 2.75) is 26.3 Å². The number of anilines is 1. The zero-order valence-corrected chi connectivity index (χ0v) is 18.8. The average Bonchev–Trinajstić information content (AvgIpc) is 2.98. The van der Waals surface area contributed by atoms with Gasteiger partial charge in [-0.3, -0.25) is 19.3 Å². The molecule has 2 aromatic rings. The van der Waals surface area contributed by atoms with E-state index in [1.54, 1.807) is 27.2 Å². The molecule has 1 aliphatic heterocycles. The normalized spacial score (nSPS) is 13.8. The Morgan fingerprint density at radius 3 is 2.50 bits per heavy atom. The van der Waals surface area contributed by atoms with Crippen molar-refractivity contribution in [1.29, 1.82) is 0 Å². The third kappa shape index (κ3) is 4.05. The molecule has 3 rings (SSSR count). The van der Waals surface area contributed by atoms with Gasteiger partial charge < -0.3 is 14.8 Å². The number of carbonyl (C=O) groups is 3. The monoisotopic (exact) mass is 474 g/mol. The number of ether oxygens (including phenoxy) is 2. The topological polar surface area (TPSA) is 84.9 Å². The van der Waals surface area contributed by atoms with E-state index < -0.39 is 17.7 Å². The van der Waals surface area contributed by atoms with Crippen LogP contribution in [0.4, 0.5) is 5.69 Å². The Kier molecular flexibility index (Phi) is 6.45. The number of nitrogens with zero attached hydrogens (tertiary/aromatic N) is 1. The van der Waals surface area contributed by atoms with Crippen molar-refractivity contribution in [2.24, 2.45) is 0 Å². The number of methoxy groups -OCH3 is 2. The summed E-state index contributed by atoms with van der Waals surface area (Å²) >= 11 is 3.35. The van der Waals surface area contributed by atoms with Gasteiger partial charge in [0.15, 0.2) is 11.5 Å². The summed E-state index contributed by atoms with van der Waals surface area (Å²) in [5.74, 6) is -0.356. The van der Waals surface area contributed by atoms with Gasteiger partial charge in [-0.1, -0.05) is 22.0 Å². The second-order valence-electron chi connectivity index (χ2n) is 7.03. The Balaban J connectivity index is 1.69. The van der Waals surface area contributed by atoms with E-state index in [0.717, 1.165) is 11.1 Å². The van der Waals surface area contributed by atoms with Gasteiger partial charge in [0.05, 0.1) is 25.5 Å². The highest BCUT2D eigenvalue weighted by Gasteiger charge is 2.41. The number of benzene rings is 2. The Labute approximate surface area is 183 Å². The molecular formula is C22H23BrN2O5. The minimum Gasteiger partial charge on any atom is -0.493 e. The van der Waals surface area contributed by atoms with Gasteiger partial charge >= 0.3 is 0 Å². The molecule has 0 saturated carbocycles. The lowest BCUT2D eigenvalue weighted by atomic mass is 10.1. The molecule has 0 bridgehead atoms. The fraction of sp³-hybridized carbons (Fsp3) is 0.318. The summed E-state index contributed by atoms with van der Waals surface area (Å²) in [6.07, 6.45) is 0.578. The van der Waals surface area contributed by atoms with Gasteiger partial charge in [-0.2, -0.15) is 0 Å². The van der Waals surface area contributed by atoms with Crippen LogP contribution >= 0.6 is 15.9 Å². The minimum absolute atomic E-state index is 0.317. The third-order valence-corrected chi connectivity index (χ3v) is 5.55. The third-order valence-electron chi connectivity index (χ3n) is 5.09. The number of hydrogen-bond acceptors (Lipinski definition) is 5. The van der Waals surface area contributed by atoms with Crippen LogP contribution in [0.2, 0.25) is 0 Å². The molecule has 0 aliphatic carbocycles. The van der Waals surface area contributed by atoms with E-state index in [1.807, 2.05) is 31.2 Å². The molecule has 0 fully saturated rings. The minimum atomic E-state index is -0.812. The van der Waals surface area contributed by atoms with Crippen molar-refractivity contribution in [3.05, 3.63) is 51.5 Å². The predicted molar refractivity (Wildman–Crippen MR) is 116 cm³/mol. The Morgan fingerprint density at radius 2 is 1.83 bits per heavy atom. The number of Topliss-reactive ketones (excluding diaryl/α,β-unsaturated/α-hetero) is 1. The molecule has 1 N–H and O–H groups in total. The highest BCUT2D eigenvalue weighted by molar-refractivity contribution is 9.10. The molecule has 2 aromatic carbocycles. The summed E-state index contributed by atoms with van der Waals surface area (Å²) in [7, 11) is 3.14. The number of carbonyl (C=O) groups excluding carboxylic acids is 3. The standard InChI is InChI=1S/C22H23BrN2O5/c1-12-9-15(23)11-16-19(12)25(22(28)20(16)26)13(2)21(27)24-8-7-14-5-6-17(29-3)18(10-14)30-4/h5-6,9-11,13H,7-8H2,1-4H3,(H,24,27). The summed E-state index contributed by atoms with van der Waals surface area (Å²) in [5.41, 5.74) is 2.54. The molecule has 8 heteroatoms. The van der Waals surface area contributed by atoms with Crippen molar-refractivity contribution in [2.75, 3.05) is 25.7 Å². The van der Waals surface area contributed by atoms with Gasteiger partial charge in [-0.05, 0) is 55.7 Å². The fourth-order valence-corrected chi connectivity index (χ4v) is 4.13. The Morgan fingerprint density at radius 1 is 1.13 bits per heavy atom. The lowest BCUT2D eigenvalue weighted by molar-refractivity contribution is -0.124. The maximum absolute atomic E-state index is 12.7. The van der Waals surface area contributed by atoms with Gasteiger partial charge in [0.25, 0.3) is 11.7 Å². The molecular weight excluding hydrogens is 452 g/mol. The van der Waals surface area contributed by atoms with Crippen LogP contribution in [0.15, 0.2) is 34.8 Å². The average molecular weight is 475 g/mol. The fourth-order valence-electron chi connectivity index (χ4n) is 3.56. The van der Waals surface area contributed by atoms with Gasteiger partial charge in [-0.15, -0.1) is 0 Å². The molecule has 30 heavy (non-hydrogen) atoms. The number of nitrogens with one attached hydrogen (secondary N) is 1. The van der Waals surface area contributed by atoms with Crippen LogP contribution in [0.25, 0.3) is 0 Å². The number of amides is 2. The van der Waals surface area contributed by atoms with Crippen LogP contribution in [-0.4, -0.2) is 44.4 Å². The second kappa shape index (κ2) is 8.87. The van der Waals surface area contributed by atoms with Gasteiger partial charge in [0, 0.05) is 11.0 Å². The SMILES string of the molecule is COc1ccc(CCNC(=O)C(C)N2C(=O)C(=O)c3cc(Br)cc(C)c32)cc1OC. The number of ketones is 1. The second-order valence-corrected chi connectivity index (χ2v) is 7.95. The van der Waals surface area contributed by atoms with Crippen LogP contribution in [0.1, 0.15) is 28.4 Å². The van der Waals surface area contributed by atoms with E-state index in [1.165, 1.54) is 4.90 Å². The highest BCUT2D eigenvalue weighted by Crippen LogP contribution is 2.36. The highest BCUT2D eigenvalue weighted by atomic mass is 79.9. The first-order valence-corrected chi connectivity index (χ1v) is 10.2. The first-order chi connectivity index (χ1) is 14.3. The molecule has 0 saturated heterocycles. The zero-order chi connectivity index (χ0) is 22.0. The van der Waals surface area contributed by atoms with Gasteiger partial charge in [0.2, 0.25) is 5.91 Å². The van der Waals surface area contributed by atoms with Crippen molar-refractivity contribution < 1.29 is 23.9 Å². The number of hydrogen-bond donors (Lipinski definition) is 1. The summed E-state index contributed by atoms with van der Waals surface area (Å²) in [6, 6.07) is 8.19. The Hall–Kier alpha value is -2.87. The maximum Gasteiger partial charge on any atom is 0.300 e. The number of fused-ring (bicyclic) bond motifs is 1. The van der Waals surface area contributed by atoms with Crippen molar-refractivity contribution in [3.63, 3.8) is 0 Å². The smallest absolute Gasteiger partial charge is 0.300 e. The zero-order valence-electron chi connectivity index (χ0n) is 17.2. The van der Waals surface area contributed by atoms with Crippen LogP contribution in [0.3, 0.4) is 0 Å². The molecule has 2 amide bonds. The number of rotatable bonds is 7. The lowest BCUT2D eigenvalue weighted by Crippen LogP contribution is -2.48. The summed E-state index contributed by atoms with van der Waals surface area (Å²) in [5, 5.41) is 2.85. The van der Waals surface area contributed by atoms with Gasteiger partial charge in [-0.25, -0.2) is 0 Å². The van der Waals surface area contributed by atoms with Crippen LogP contribution in [0, 0.1) is 6.92 Å². The largest absolute Gasteiger partial charge is 0.493 e. The van der Waals surface area contributed by atoms with E-state index in [-0.39, 0.29) is 5.91 Å². The molecule has 158 valence electrons. The first-order valence-electron chi connectivity index (χ1n) is 9.45. The quantitative estimate of drug-likeness (QED) is 0.623. The summed E-state index contributed by atoms with van der Waals surface area (Å²) < 4.78 is 11.2. The van der Waals surface area contributed by atoms with Crippen LogP contribution in [-0.2, 0) is 16.0 Å². The molecule has 0 aromatic heterocycles.